The summed E-state index contributed by atoms with van der Waals surface area (Å²) in [5.41, 5.74) is 1.76. The minimum absolute atomic E-state index is 0.0137. The molecule has 0 saturated carbocycles. The number of fused-ring (bicyclic) bond motifs is 1. The lowest BCUT2D eigenvalue weighted by atomic mass is 10.0. The van der Waals surface area contributed by atoms with Crippen LogP contribution >= 0.6 is 0 Å². The van der Waals surface area contributed by atoms with Gasteiger partial charge in [-0.05, 0) is 37.1 Å². The van der Waals surface area contributed by atoms with Crippen molar-refractivity contribution in [2.75, 3.05) is 13.2 Å². The van der Waals surface area contributed by atoms with E-state index in [9.17, 15) is 13.5 Å². The molecule has 5 nitrogen and oxygen atoms in total. The van der Waals surface area contributed by atoms with E-state index in [1.165, 1.54) is 0 Å². The van der Waals surface area contributed by atoms with E-state index in [-0.39, 0.29) is 6.54 Å². The molecule has 1 unspecified atom stereocenters. The summed E-state index contributed by atoms with van der Waals surface area (Å²) < 4.78 is 31.0. The van der Waals surface area contributed by atoms with E-state index >= 15 is 0 Å². The van der Waals surface area contributed by atoms with Crippen LogP contribution in [0.15, 0.2) is 18.2 Å². The van der Waals surface area contributed by atoms with Gasteiger partial charge in [0.1, 0.15) is 5.75 Å². The van der Waals surface area contributed by atoms with E-state index < -0.39 is 21.4 Å². The fourth-order valence-electron chi connectivity index (χ4n) is 1.89. The van der Waals surface area contributed by atoms with Gasteiger partial charge in [0, 0.05) is 13.0 Å². The van der Waals surface area contributed by atoms with Crippen LogP contribution < -0.4 is 9.46 Å². The first kappa shape index (κ1) is 14.3. The molecular formula is C13H19NO4S. The molecule has 1 aliphatic heterocycles. The fourth-order valence-corrected chi connectivity index (χ4v) is 2.62. The molecule has 2 N–H and O–H groups in total. The monoisotopic (exact) mass is 285 g/mol. The largest absolute Gasteiger partial charge is 0.493 e. The summed E-state index contributed by atoms with van der Waals surface area (Å²) in [7, 11) is -3.35. The molecule has 0 saturated heterocycles. The highest BCUT2D eigenvalue weighted by atomic mass is 32.2. The number of nitrogens with one attached hydrogen (secondary N) is 1. The van der Waals surface area contributed by atoms with Crippen molar-refractivity contribution in [3.05, 3.63) is 29.3 Å². The molecule has 1 aromatic carbocycles. The highest BCUT2D eigenvalue weighted by Gasteiger charge is 2.19. The number of ether oxygens (including phenoxy) is 1. The number of hydrogen-bond acceptors (Lipinski definition) is 4. The maximum atomic E-state index is 11.6. The zero-order valence-corrected chi connectivity index (χ0v) is 11.9. The second kappa shape index (κ2) is 5.48. The van der Waals surface area contributed by atoms with Gasteiger partial charge in [-0.15, -0.1) is 0 Å². The maximum absolute atomic E-state index is 11.6. The molecule has 0 amide bonds. The lowest BCUT2D eigenvalue weighted by molar-refractivity contribution is 0.182. The average Bonchev–Trinajstić information content (AvgIpc) is 2.82. The lowest BCUT2D eigenvalue weighted by Gasteiger charge is -2.15. The first-order valence-corrected chi connectivity index (χ1v) is 7.87. The Bertz CT molecular complexity index is 554. The van der Waals surface area contributed by atoms with Crippen molar-refractivity contribution in [1.29, 1.82) is 0 Å². The van der Waals surface area contributed by atoms with E-state index in [4.69, 9.17) is 4.74 Å². The van der Waals surface area contributed by atoms with Gasteiger partial charge in [0.05, 0.1) is 18.0 Å². The van der Waals surface area contributed by atoms with Crippen molar-refractivity contribution in [3.8, 4) is 5.75 Å². The third-order valence-electron chi connectivity index (χ3n) is 3.20. The number of aliphatic hydroxyl groups excluding tert-OH is 1. The van der Waals surface area contributed by atoms with Crippen molar-refractivity contribution in [2.24, 2.45) is 0 Å². The summed E-state index contributed by atoms with van der Waals surface area (Å²) in [5, 5.41) is 9.52. The van der Waals surface area contributed by atoms with Crippen LogP contribution in [0.3, 0.4) is 0 Å². The van der Waals surface area contributed by atoms with E-state index in [0.717, 1.165) is 17.7 Å². The molecule has 19 heavy (non-hydrogen) atoms. The van der Waals surface area contributed by atoms with E-state index in [1.54, 1.807) is 19.9 Å². The summed E-state index contributed by atoms with van der Waals surface area (Å²) in [4.78, 5) is 0. The number of aliphatic hydroxyl groups is 1. The van der Waals surface area contributed by atoms with Crippen LogP contribution in [0.4, 0.5) is 0 Å². The van der Waals surface area contributed by atoms with Crippen LogP contribution in [0.5, 0.6) is 5.75 Å². The van der Waals surface area contributed by atoms with E-state index in [0.29, 0.717) is 12.2 Å². The normalized spacial score (nSPS) is 16.2. The van der Waals surface area contributed by atoms with Gasteiger partial charge in [-0.3, -0.25) is 0 Å². The van der Waals surface area contributed by atoms with Crippen LogP contribution in [0.2, 0.25) is 0 Å². The van der Waals surface area contributed by atoms with Crippen LogP contribution in [-0.4, -0.2) is 31.9 Å². The summed E-state index contributed by atoms with van der Waals surface area (Å²) in [6, 6.07) is 5.45. The van der Waals surface area contributed by atoms with Crippen molar-refractivity contribution in [3.63, 3.8) is 0 Å². The molecule has 1 heterocycles. The number of sulfonamides is 1. The molecule has 6 heteroatoms. The Kier molecular flexibility index (Phi) is 4.13. The van der Waals surface area contributed by atoms with Crippen LogP contribution in [0, 0.1) is 0 Å². The van der Waals surface area contributed by atoms with Crippen molar-refractivity contribution >= 4 is 10.0 Å². The van der Waals surface area contributed by atoms with Gasteiger partial charge >= 0.3 is 0 Å². The van der Waals surface area contributed by atoms with Gasteiger partial charge in [0.2, 0.25) is 10.0 Å². The quantitative estimate of drug-likeness (QED) is 0.845. The lowest BCUT2D eigenvalue weighted by Crippen LogP contribution is -2.33. The minimum Gasteiger partial charge on any atom is -0.493 e. The molecule has 0 aliphatic carbocycles. The topological polar surface area (TPSA) is 75.6 Å². The predicted molar refractivity (Wildman–Crippen MR) is 72.7 cm³/mol. The van der Waals surface area contributed by atoms with Crippen LogP contribution in [0.25, 0.3) is 0 Å². The average molecular weight is 285 g/mol. The Labute approximate surface area is 113 Å². The third-order valence-corrected chi connectivity index (χ3v) is 5.01. The number of benzene rings is 1. The molecule has 0 bridgehead atoms. The Morgan fingerprint density at radius 1 is 1.42 bits per heavy atom. The maximum Gasteiger partial charge on any atom is 0.214 e. The van der Waals surface area contributed by atoms with Gasteiger partial charge in [-0.1, -0.05) is 6.07 Å². The molecule has 1 atom stereocenters. The third kappa shape index (κ3) is 3.26. The molecule has 0 spiro atoms. The summed E-state index contributed by atoms with van der Waals surface area (Å²) in [6.45, 7) is 3.85. The van der Waals surface area contributed by atoms with Gasteiger partial charge in [0.15, 0.2) is 0 Å². The minimum atomic E-state index is -3.35. The predicted octanol–water partition coefficient (Wildman–Crippen LogP) is 0.983. The SMILES string of the molecule is CC(C)S(=O)(=O)NCC(O)c1ccc2c(c1)CCO2. The molecule has 0 radical (unpaired) electrons. The Morgan fingerprint density at radius 2 is 2.16 bits per heavy atom. The van der Waals surface area contributed by atoms with Gasteiger partial charge in [-0.25, -0.2) is 13.1 Å². The highest BCUT2D eigenvalue weighted by Crippen LogP contribution is 2.28. The second-order valence-electron chi connectivity index (χ2n) is 4.92. The molecule has 1 aromatic rings. The highest BCUT2D eigenvalue weighted by molar-refractivity contribution is 7.90. The van der Waals surface area contributed by atoms with Gasteiger partial charge < -0.3 is 9.84 Å². The smallest absolute Gasteiger partial charge is 0.214 e. The molecule has 0 aromatic heterocycles. The van der Waals surface area contributed by atoms with Crippen molar-refractivity contribution < 1.29 is 18.3 Å². The van der Waals surface area contributed by atoms with E-state index in [1.807, 2.05) is 12.1 Å². The summed E-state index contributed by atoms with van der Waals surface area (Å²) >= 11 is 0. The zero-order valence-electron chi connectivity index (χ0n) is 11.1. The molecule has 0 fully saturated rings. The molecule has 106 valence electrons. The van der Waals surface area contributed by atoms with Crippen molar-refractivity contribution in [2.45, 2.75) is 31.6 Å². The summed E-state index contributed by atoms with van der Waals surface area (Å²) in [6.07, 6.45) is -0.0208. The van der Waals surface area contributed by atoms with Gasteiger partial charge in [-0.2, -0.15) is 0 Å². The first-order chi connectivity index (χ1) is 8.90. The fraction of sp³-hybridized carbons (Fsp3) is 0.538. The molecular weight excluding hydrogens is 266 g/mol. The zero-order chi connectivity index (χ0) is 14.0. The Morgan fingerprint density at radius 3 is 2.84 bits per heavy atom. The summed E-state index contributed by atoms with van der Waals surface area (Å²) in [5.74, 6) is 0.846. The van der Waals surface area contributed by atoms with Crippen molar-refractivity contribution in [1.82, 2.24) is 4.72 Å². The molecule has 2 rings (SSSR count). The van der Waals surface area contributed by atoms with Gasteiger partial charge in [0.25, 0.3) is 0 Å². The second-order valence-corrected chi connectivity index (χ2v) is 7.25. The first-order valence-electron chi connectivity index (χ1n) is 6.32. The Hall–Kier alpha value is -1.11. The standard InChI is InChI=1S/C13H19NO4S/c1-9(2)19(16,17)14-8-12(15)10-3-4-13-11(7-10)5-6-18-13/h3-4,7,9,12,14-15H,5-6,8H2,1-2H3. The molecule has 1 aliphatic rings. The number of hydrogen-bond donors (Lipinski definition) is 2. The van der Waals surface area contributed by atoms with Crippen LogP contribution in [-0.2, 0) is 16.4 Å². The Balaban J connectivity index is 2.03. The number of rotatable bonds is 5. The van der Waals surface area contributed by atoms with Crippen LogP contribution in [0.1, 0.15) is 31.1 Å². The van der Waals surface area contributed by atoms with E-state index in [2.05, 4.69) is 4.72 Å².